The summed E-state index contributed by atoms with van der Waals surface area (Å²) in [6.45, 7) is 4.38. The third kappa shape index (κ3) is 4.19. The van der Waals surface area contributed by atoms with E-state index in [0.717, 1.165) is 11.3 Å². The van der Waals surface area contributed by atoms with Crippen LogP contribution in [0.3, 0.4) is 0 Å². The van der Waals surface area contributed by atoms with Gasteiger partial charge in [0, 0.05) is 18.2 Å². The van der Waals surface area contributed by atoms with Crippen LogP contribution in [-0.4, -0.2) is 18.8 Å². The molecule has 3 nitrogen and oxygen atoms in total. The van der Waals surface area contributed by atoms with Gasteiger partial charge < -0.3 is 15.6 Å². The number of halogens is 1. The number of rotatable bonds is 5. The summed E-state index contributed by atoms with van der Waals surface area (Å²) in [5, 5.41) is 8.92. The van der Waals surface area contributed by atoms with Gasteiger partial charge in [0.25, 0.3) is 0 Å². The Labute approximate surface area is 109 Å². The van der Waals surface area contributed by atoms with Gasteiger partial charge in [-0.05, 0) is 24.0 Å². The van der Waals surface area contributed by atoms with Gasteiger partial charge in [0.05, 0.1) is 7.11 Å². The number of nitrogens with two attached hydrogens (primary N) is 1. The van der Waals surface area contributed by atoms with Gasteiger partial charge in [0.15, 0.2) is 0 Å². The van der Waals surface area contributed by atoms with E-state index in [1.807, 2.05) is 6.07 Å². The molecular formula is C13H22ClNO2. The van der Waals surface area contributed by atoms with Gasteiger partial charge in [-0.3, -0.25) is 0 Å². The lowest BCUT2D eigenvalue weighted by atomic mass is 9.96. The van der Waals surface area contributed by atoms with Gasteiger partial charge in [0.1, 0.15) is 5.75 Å². The Morgan fingerprint density at radius 1 is 1.35 bits per heavy atom. The van der Waals surface area contributed by atoms with Crippen molar-refractivity contribution < 1.29 is 9.84 Å². The predicted octanol–water partition coefficient (Wildman–Crippen LogP) is 2.62. The Bertz CT molecular complexity index is 342. The van der Waals surface area contributed by atoms with E-state index in [0.29, 0.717) is 12.3 Å². The molecule has 0 amide bonds. The zero-order chi connectivity index (χ0) is 12.1. The van der Waals surface area contributed by atoms with Crippen LogP contribution in [0.15, 0.2) is 18.2 Å². The average molecular weight is 260 g/mol. The molecule has 17 heavy (non-hydrogen) atoms. The van der Waals surface area contributed by atoms with Crippen molar-refractivity contribution in [2.24, 2.45) is 5.73 Å². The highest BCUT2D eigenvalue weighted by Gasteiger charge is 2.13. The molecule has 0 heterocycles. The number of aliphatic hydroxyl groups excluding tert-OH is 1. The van der Waals surface area contributed by atoms with Crippen molar-refractivity contribution in [1.82, 2.24) is 0 Å². The monoisotopic (exact) mass is 259 g/mol. The van der Waals surface area contributed by atoms with Crippen LogP contribution < -0.4 is 10.5 Å². The van der Waals surface area contributed by atoms with Crippen LogP contribution in [0.25, 0.3) is 0 Å². The van der Waals surface area contributed by atoms with Crippen LogP contribution in [0.4, 0.5) is 0 Å². The Kier molecular flexibility index (Phi) is 7.19. The maximum atomic E-state index is 8.92. The van der Waals surface area contributed by atoms with Crippen LogP contribution in [0, 0.1) is 0 Å². The summed E-state index contributed by atoms with van der Waals surface area (Å²) in [5.41, 5.74) is 8.23. The van der Waals surface area contributed by atoms with Crippen molar-refractivity contribution in [1.29, 1.82) is 0 Å². The number of ether oxygens (including phenoxy) is 1. The quantitative estimate of drug-likeness (QED) is 0.855. The first-order valence-corrected chi connectivity index (χ1v) is 5.64. The summed E-state index contributed by atoms with van der Waals surface area (Å²) in [5.74, 6) is 1.26. The topological polar surface area (TPSA) is 55.5 Å². The molecule has 1 aromatic rings. The van der Waals surface area contributed by atoms with Crippen LogP contribution in [0.1, 0.15) is 43.4 Å². The zero-order valence-corrected chi connectivity index (χ0v) is 11.5. The summed E-state index contributed by atoms with van der Waals surface area (Å²) < 4.78 is 5.29. The molecule has 0 fully saturated rings. The van der Waals surface area contributed by atoms with Gasteiger partial charge in [-0.15, -0.1) is 12.4 Å². The highest BCUT2D eigenvalue weighted by Crippen LogP contribution is 2.29. The lowest BCUT2D eigenvalue weighted by Gasteiger charge is -2.17. The van der Waals surface area contributed by atoms with Gasteiger partial charge >= 0.3 is 0 Å². The molecule has 0 bridgehead atoms. The molecule has 0 aromatic heterocycles. The van der Waals surface area contributed by atoms with Gasteiger partial charge in [-0.1, -0.05) is 26.0 Å². The van der Waals surface area contributed by atoms with Crippen molar-refractivity contribution >= 4 is 12.4 Å². The fourth-order valence-corrected chi connectivity index (χ4v) is 1.70. The molecule has 0 aliphatic rings. The maximum absolute atomic E-state index is 8.92. The number of hydrogen-bond acceptors (Lipinski definition) is 3. The van der Waals surface area contributed by atoms with E-state index in [4.69, 9.17) is 15.6 Å². The second-order valence-electron chi connectivity index (χ2n) is 4.27. The second-order valence-corrected chi connectivity index (χ2v) is 4.27. The van der Waals surface area contributed by atoms with Crippen molar-refractivity contribution in [2.45, 2.75) is 32.2 Å². The standard InChI is InChI=1S/C13H21NO2.ClH/c1-9(2)10-4-5-13(16-3)11(8-10)12(14)6-7-15;/h4-5,8-9,12,15H,6-7,14H2,1-3H3;1H/t12-;/m1./s1. The lowest BCUT2D eigenvalue weighted by molar-refractivity contribution is 0.275. The van der Waals surface area contributed by atoms with Crippen molar-refractivity contribution in [3.63, 3.8) is 0 Å². The molecule has 1 atom stereocenters. The fraction of sp³-hybridized carbons (Fsp3) is 0.538. The third-order valence-electron chi connectivity index (χ3n) is 2.76. The molecule has 0 unspecified atom stereocenters. The molecule has 0 aliphatic carbocycles. The van der Waals surface area contributed by atoms with E-state index in [-0.39, 0.29) is 25.1 Å². The summed E-state index contributed by atoms with van der Waals surface area (Å²) in [4.78, 5) is 0. The Hall–Kier alpha value is -0.770. The van der Waals surface area contributed by atoms with Crippen LogP contribution >= 0.6 is 12.4 Å². The lowest BCUT2D eigenvalue weighted by Crippen LogP contribution is -2.13. The molecular weight excluding hydrogens is 238 g/mol. The maximum Gasteiger partial charge on any atom is 0.123 e. The Balaban J connectivity index is 0.00000256. The molecule has 0 aliphatic heterocycles. The summed E-state index contributed by atoms with van der Waals surface area (Å²) in [6.07, 6.45) is 0.553. The minimum atomic E-state index is -0.168. The van der Waals surface area contributed by atoms with Gasteiger partial charge in [-0.2, -0.15) is 0 Å². The zero-order valence-electron chi connectivity index (χ0n) is 10.6. The molecule has 0 radical (unpaired) electrons. The highest BCUT2D eigenvalue weighted by atomic mass is 35.5. The molecule has 0 saturated carbocycles. The normalized spacial score (nSPS) is 12.1. The summed E-state index contributed by atoms with van der Waals surface area (Å²) in [7, 11) is 1.64. The van der Waals surface area contributed by atoms with E-state index in [1.54, 1.807) is 7.11 Å². The summed E-state index contributed by atoms with van der Waals surface area (Å²) in [6, 6.07) is 5.91. The van der Waals surface area contributed by atoms with E-state index in [2.05, 4.69) is 26.0 Å². The first-order valence-electron chi connectivity index (χ1n) is 5.64. The van der Waals surface area contributed by atoms with E-state index < -0.39 is 0 Å². The molecule has 3 N–H and O–H groups in total. The summed E-state index contributed by atoms with van der Waals surface area (Å²) >= 11 is 0. The number of benzene rings is 1. The van der Waals surface area contributed by atoms with Gasteiger partial charge in [-0.25, -0.2) is 0 Å². The first kappa shape index (κ1) is 16.2. The second kappa shape index (κ2) is 7.54. The molecule has 98 valence electrons. The number of methoxy groups -OCH3 is 1. The Morgan fingerprint density at radius 3 is 2.47 bits per heavy atom. The van der Waals surface area contributed by atoms with Crippen molar-refractivity contribution in [2.75, 3.05) is 13.7 Å². The molecule has 1 aromatic carbocycles. The Morgan fingerprint density at radius 2 is 2.00 bits per heavy atom. The van der Waals surface area contributed by atoms with E-state index in [9.17, 15) is 0 Å². The van der Waals surface area contributed by atoms with Crippen molar-refractivity contribution in [3.8, 4) is 5.75 Å². The van der Waals surface area contributed by atoms with Crippen LogP contribution in [-0.2, 0) is 0 Å². The van der Waals surface area contributed by atoms with Crippen LogP contribution in [0.5, 0.6) is 5.75 Å². The predicted molar refractivity (Wildman–Crippen MR) is 73.0 cm³/mol. The van der Waals surface area contributed by atoms with Crippen LogP contribution in [0.2, 0.25) is 0 Å². The fourth-order valence-electron chi connectivity index (χ4n) is 1.70. The third-order valence-corrected chi connectivity index (χ3v) is 2.76. The number of aliphatic hydroxyl groups is 1. The molecule has 4 heteroatoms. The minimum Gasteiger partial charge on any atom is -0.496 e. The molecule has 1 rings (SSSR count). The van der Waals surface area contributed by atoms with Gasteiger partial charge in [0.2, 0.25) is 0 Å². The minimum absolute atomic E-state index is 0. The smallest absolute Gasteiger partial charge is 0.123 e. The van der Waals surface area contributed by atoms with Crippen molar-refractivity contribution in [3.05, 3.63) is 29.3 Å². The largest absolute Gasteiger partial charge is 0.496 e. The molecule has 0 spiro atoms. The number of hydrogen-bond donors (Lipinski definition) is 2. The average Bonchev–Trinajstić information content (AvgIpc) is 2.28. The highest BCUT2D eigenvalue weighted by molar-refractivity contribution is 5.85. The molecule has 0 saturated heterocycles. The SMILES string of the molecule is COc1ccc(C(C)C)cc1[C@H](N)CCO.Cl. The van der Waals surface area contributed by atoms with E-state index >= 15 is 0 Å². The first-order chi connectivity index (χ1) is 7.60. The van der Waals surface area contributed by atoms with E-state index in [1.165, 1.54) is 5.56 Å².